The van der Waals surface area contributed by atoms with Gasteiger partial charge < -0.3 is 10.2 Å². The molecule has 1 fully saturated rings. The van der Waals surface area contributed by atoms with E-state index in [1.807, 2.05) is 50.1 Å². The minimum Gasteiger partial charge on any atom is -0.348 e. The summed E-state index contributed by atoms with van der Waals surface area (Å²) in [5.41, 5.74) is 1.25. The second kappa shape index (κ2) is 5.01. The Morgan fingerprint density at radius 3 is 2.68 bits per heavy atom. The van der Waals surface area contributed by atoms with Crippen molar-refractivity contribution in [2.45, 2.75) is 25.9 Å². The fraction of sp³-hybridized carbons (Fsp3) is 0.429. The number of hydrogen-bond acceptors (Lipinski definition) is 4. The molecule has 1 saturated heterocycles. The highest BCUT2D eigenvalue weighted by Crippen LogP contribution is 2.29. The largest absolute Gasteiger partial charge is 0.348 e. The van der Waals surface area contributed by atoms with Crippen LogP contribution in [0.3, 0.4) is 0 Å². The highest BCUT2D eigenvalue weighted by atomic mass is 16.2. The fourth-order valence-electron chi connectivity index (χ4n) is 2.28. The van der Waals surface area contributed by atoms with Gasteiger partial charge in [-0.1, -0.05) is 18.2 Å². The molecule has 0 bridgehead atoms. The van der Waals surface area contributed by atoms with Gasteiger partial charge in [0.25, 0.3) is 5.91 Å². The summed E-state index contributed by atoms with van der Waals surface area (Å²) in [5.74, 6) is -0.522. The standard InChI is InChI=1S/C14H19N3O2/c1-14(2)13(19)16-12(18)9-17(14)11-7-5-4-6-10(11)8-15-3/h4-7,15H,8-9H2,1-3H3,(H,16,18,19). The van der Waals surface area contributed by atoms with Crippen molar-refractivity contribution in [2.24, 2.45) is 0 Å². The first-order chi connectivity index (χ1) is 8.96. The highest BCUT2D eigenvalue weighted by Gasteiger charge is 2.41. The van der Waals surface area contributed by atoms with Crippen molar-refractivity contribution in [3.05, 3.63) is 29.8 Å². The van der Waals surface area contributed by atoms with Crippen molar-refractivity contribution < 1.29 is 9.59 Å². The van der Waals surface area contributed by atoms with Crippen molar-refractivity contribution in [3.8, 4) is 0 Å². The molecule has 2 N–H and O–H groups in total. The molecule has 0 atom stereocenters. The van der Waals surface area contributed by atoms with E-state index in [0.29, 0.717) is 6.54 Å². The zero-order chi connectivity index (χ0) is 14.0. The summed E-state index contributed by atoms with van der Waals surface area (Å²) in [6.07, 6.45) is 0. The maximum absolute atomic E-state index is 12.0. The fourth-order valence-corrected chi connectivity index (χ4v) is 2.28. The summed E-state index contributed by atoms with van der Waals surface area (Å²) in [6, 6.07) is 7.82. The number of benzene rings is 1. The van der Waals surface area contributed by atoms with Gasteiger partial charge in [-0.05, 0) is 32.5 Å². The second-order valence-corrected chi connectivity index (χ2v) is 5.18. The van der Waals surface area contributed by atoms with Gasteiger partial charge in [0.2, 0.25) is 5.91 Å². The number of para-hydroxylation sites is 1. The Labute approximate surface area is 113 Å². The van der Waals surface area contributed by atoms with Gasteiger partial charge in [0.05, 0.1) is 6.54 Å². The van der Waals surface area contributed by atoms with Crippen molar-refractivity contribution >= 4 is 17.5 Å². The molecule has 1 aromatic rings. The minimum absolute atomic E-state index is 0.194. The minimum atomic E-state index is -0.738. The molecule has 1 aliphatic heterocycles. The van der Waals surface area contributed by atoms with Crippen molar-refractivity contribution in [1.82, 2.24) is 10.6 Å². The number of carbonyl (C=O) groups is 2. The Hall–Kier alpha value is -1.88. The summed E-state index contributed by atoms with van der Waals surface area (Å²) >= 11 is 0. The zero-order valence-electron chi connectivity index (χ0n) is 11.5. The van der Waals surface area contributed by atoms with Gasteiger partial charge >= 0.3 is 0 Å². The number of piperazine rings is 1. The second-order valence-electron chi connectivity index (χ2n) is 5.18. The van der Waals surface area contributed by atoms with Crippen LogP contribution in [-0.4, -0.2) is 30.9 Å². The van der Waals surface area contributed by atoms with Crippen molar-refractivity contribution in [1.29, 1.82) is 0 Å². The van der Waals surface area contributed by atoms with E-state index < -0.39 is 5.54 Å². The van der Waals surface area contributed by atoms with Gasteiger partial charge in [-0.3, -0.25) is 14.9 Å². The number of hydrogen-bond donors (Lipinski definition) is 2. The molecule has 1 aromatic carbocycles. The number of amides is 2. The molecule has 0 spiro atoms. The Morgan fingerprint density at radius 1 is 1.32 bits per heavy atom. The smallest absolute Gasteiger partial charge is 0.251 e. The summed E-state index contributed by atoms with van der Waals surface area (Å²) in [6.45, 7) is 4.54. The normalized spacial score (nSPS) is 18.4. The Morgan fingerprint density at radius 2 is 2.00 bits per heavy atom. The molecule has 0 radical (unpaired) electrons. The zero-order valence-corrected chi connectivity index (χ0v) is 11.5. The first-order valence-corrected chi connectivity index (χ1v) is 6.31. The molecular formula is C14H19N3O2. The molecule has 2 rings (SSSR count). The Balaban J connectivity index is 2.44. The van der Waals surface area contributed by atoms with Crippen LogP contribution in [0.25, 0.3) is 0 Å². The molecule has 2 amide bonds. The quantitative estimate of drug-likeness (QED) is 0.784. The maximum atomic E-state index is 12.0. The van der Waals surface area contributed by atoms with Crippen LogP contribution < -0.4 is 15.5 Å². The predicted molar refractivity (Wildman–Crippen MR) is 73.8 cm³/mol. The molecule has 0 aliphatic carbocycles. The number of carbonyl (C=O) groups excluding carboxylic acids is 2. The lowest BCUT2D eigenvalue weighted by atomic mass is 9.96. The maximum Gasteiger partial charge on any atom is 0.251 e. The van der Waals surface area contributed by atoms with Crippen LogP contribution in [0.1, 0.15) is 19.4 Å². The molecule has 19 heavy (non-hydrogen) atoms. The molecule has 1 aliphatic rings. The number of nitrogens with one attached hydrogen (secondary N) is 2. The van der Waals surface area contributed by atoms with Gasteiger partial charge in [0, 0.05) is 12.2 Å². The molecule has 5 heteroatoms. The first-order valence-electron chi connectivity index (χ1n) is 6.31. The SMILES string of the molecule is CNCc1ccccc1N1CC(=O)NC(=O)C1(C)C. The number of anilines is 1. The summed E-state index contributed by atoms with van der Waals surface area (Å²) in [5, 5.41) is 5.49. The van der Waals surface area contributed by atoms with Crippen LogP contribution in [0.5, 0.6) is 0 Å². The number of nitrogens with zero attached hydrogens (tertiary/aromatic N) is 1. The van der Waals surface area contributed by atoms with Gasteiger partial charge in [-0.15, -0.1) is 0 Å². The van der Waals surface area contributed by atoms with Gasteiger partial charge in [-0.2, -0.15) is 0 Å². The molecule has 1 heterocycles. The Bertz CT molecular complexity index is 511. The highest BCUT2D eigenvalue weighted by molar-refractivity contribution is 6.06. The summed E-state index contributed by atoms with van der Waals surface area (Å²) in [4.78, 5) is 25.5. The number of rotatable bonds is 3. The lowest BCUT2D eigenvalue weighted by molar-refractivity contribution is -0.135. The lowest BCUT2D eigenvalue weighted by Crippen LogP contribution is -2.64. The van der Waals surface area contributed by atoms with E-state index in [4.69, 9.17) is 0 Å². The Kier molecular flexibility index (Phi) is 3.57. The molecular weight excluding hydrogens is 242 g/mol. The van der Waals surface area contributed by atoms with Crippen molar-refractivity contribution in [2.75, 3.05) is 18.5 Å². The predicted octanol–water partition coefficient (Wildman–Crippen LogP) is 0.647. The van der Waals surface area contributed by atoms with Crippen LogP contribution in [0.2, 0.25) is 0 Å². The first kappa shape index (κ1) is 13.5. The number of imide groups is 1. The van der Waals surface area contributed by atoms with Gasteiger partial charge in [0.1, 0.15) is 5.54 Å². The average Bonchev–Trinajstić information content (AvgIpc) is 2.35. The van der Waals surface area contributed by atoms with Crippen molar-refractivity contribution in [3.63, 3.8) is 0 Å². The van der Waals surface area contributed by atoms with E-state index in [1.54, 1.807) is 0 Å². The lowest BCUT2D eigenvalue weighted by Gasteiger charge is -2.42. The third-order valence-corrected chi connectivity index (χ3v) is 3.43. The molecule has 0 unspecified atom stereocenters. The van der Waals surface area contributed by atoms with Crippen LogP contribution in [-0.2, 0) is 16.1 Å². The van der Waals surface area contributed by atoms with E-state index >= 15 is 0 Å². The average molecular weight is 261 g/mol. The van der Waals surface area contributed by atoms with E-state index in [1.165, 1.54) is 0 Å². The third kappa shape index (κ3) is 2.46. The molecule has 102 valence electrons. The molecule has 0 aromatic heterocycles. The van der Waals surface area contributed by atoms with Crippen LogP contribution in [0.15, 0.2) is 24.3 Å². The molecule has 5 nitrogen and oxygen atoms in total. The summed E-state index contributed by atoms with van der Waals surface area (Å²) in [7, 11) is 1.87. The molecule has 0 saturated carbocycles. The van der Waals surface area contributed by atoms with E-state index in [9.17, 15) is 9.59 Å². The monoisotopic (exact) mass is 261 g/mol. The summed E-state index contributed by atoms with van der Waals surface area (Å²) < 4.78 is 0. The van der Waals surface area contributed by atoms with E-state index in [-0.39, 0.29) is 18.4 Å². The van der Waals surface area contributed by atoms with Gasteiger partial charge in [0.15, 0.2) is 0 Å². The topological polar surface area (TPSA) is 61.4 Å². The third-order valence-electron chi connectivity index (χ3n) is 3.43. The van der Waals surface area contributed by atoms with E-state index in [0.717, 1.165) is 11.3 Å². The van der Waals surface area contributed by atoms with Crippen LogP contribution >= 0.6 is 0 Å². The van der Waals surface area contributed by atoms with E-state index in [2.05, 4.69) is 10.6 Å². The van der Waals surface area contributed by atoms with Crippen LogP contribution in [0, 0.1) is 0 Å². The van der Waals surface area contributed by atoms with Gasteiger partial charge in [-0.25, -0.2) is 0 Å². The van der Waals surface area contributed by atoms with Crippen LogP contribution in [0.4, 0.5) is 5.69 Å².